The summed E-state index contributed by atoms with van der Waals surface area (Å²) in [4.78, 5) is 11.8. The van der Waals surface area contributed by atoms with Crippen LogP contribution in [0, 0.1) is 6.92 Å². The predicted molar refractivity (Wildman–Crippen MR) is 85.6 cm³/mol. The number of hydrogen-bond donors (Lipinski definition) is 1. The summed E-state index contributed by atoms with van der Waals surface area (Å²) in [6.45, 7) is 7.40. The van der Waals surface area contributed by atoms with E-state index in [-0.39, 0.29) is 0 Å². The molecule has 1 aliphatic rings. The van der Waals surface area contributed by atoms with Crippen molar-refractivity contribution in [3.8, 4) is 0 Å². The standard InChI is InChI=1S/C16H28N4/c1-5-11-17-15-12(3)16(19-14(6-2)18-15)20(4)13-9-7-8-10-13/h13H,5-11H2,1-4H3,(H,17,18,19). The number of anilines is 2. The van der Waals surface area contributed by atoms with Gasteiger partial charge in [0.15, 0.2) is 0 Å². The average molecular weight is 276 g/mol. The molecule has 2 rings (SSSR count). The van der Waals surface area contributed by atoms with Crippen molar-refractivity contribution in [2.45, 2.75) is 65.3 Å². The molecule has 1 heterocycles. The lowest BCUT2D eigenvalue weighted by Gasteiger charge is -2.28. The van der Waals surface area contributed by atoms with Crippen LogP contribution in [-0.4, -0.2) is 29.6 Å². The highest BCUT2D eigenvalue weighted by Gasteiger charge is 2.23. The van der Waals surface area contributed by atoms with Crippen LogP contribution in [0.3, 0.4) is 0 Å². The molecule has 112 valence electrons. The molecule has 0 unspecified atom stereocenters. The van der Waals surface area contributed by atoms with Gasteiger partial charge in [0.05, 0.1) is 0 Å². The molecule has 0 amide bonds. The number of aryl methyl sites for hydroxylation is 1. The SMILES string of the molecule is CCCNc1nc(CC)nc(N(C)C2CCCC2)c1C. The minimum absolute atomic E-state index is 0.646. The Bertz CT molecular complexity index is 438. The first-order valence-corrected chi connectivity index (χ1v) is 8.01. The van der Waals surface area contributed by atoms with Gasteiger partial charge in [-0.15, -0.1) is 0 Å². The summed E-state index contributed by atoms with van der Waals surface area (Å²) in [7, 11) is 2.19. The normalized spacial score (nSPS) is 15.6. The molecule has 1 aromatic rings. The summed E-state index contributed by atoms with van der Waals surface area (Å²) in [6.07, 6.45) is 7.27. The molecule has 20 heavy (non-hydrogen) atoms. The molecule has 0 radical (unpaired) electrons. The van der Waals surface area contributed by atoms with Crippen molar-refractivity contribution in [3.05, 3.63) is 11.4 Å². The van der Waals surface area contributed by atoms with E-state index in [0.717, 1.165) is 36.8 Å². The van der Waals surface area contributed by atoms with Crippen molar-refractivity contribution in [2.75, 3.05) is 23.8 Å². The van der Waals surface area contributed by atoms with Gasteiger partial charge in [0.25, 0.3) is 0 Å². The Hall–Kier alpha value is -1.32. The van der Waals surface area contributed by atoms with Gasteiger partial charge in [-0.3, -0.25) is 0 Å². The lowest BCUT2D eigenvalue weighted by Crippen LogP contribution is -2.31. The maximum absolute atomic E-state index is 4.78. The summed E-state index contributed by atoms with van der Waals surface area (Å²) >= 11 is 0. The first-order chi connectivity index (χ1) is 9.67. The molecule has 0 aromatic carbocycles. The molecule has 1 saturated carbocycles. The van der Waals surface area contributed by atoms with Crippen LogP contribution in [0.15, 0.2) is 0 Å². The summed E-state index contributed by atoms with van der Waals surface area (Å²) < 4.78 is 0. The van der Waals surface area contributed by atoms with E-state index in [9.17, 15) is 0 Å². The summed E-state index contributed by atoms with van der Waals surface area (Å²) in [5.74, 6) is 3.06. The Balaban J connectivity index is 2.29. The third-order valence-electron chi connectivity index (χ3n) is 4.23. The zero-order chi connectivity index (χ0) is 14.5. The molecule has 4 heteroatoms. The van der Waals surface area contributed by atoms with E-state index in [1.165, 1.54) is 31.2 Å². The Kier molecular flexibility index (Phi) is 5.21. The molecule has 1 fully saturated rings. The van der Waals surface area contributed by atoms with E-state index in [1.807, 2.05) is 0 Å². The molecule has 0 aliphatic heterocycles. The van der Waals surface area contributed by atoms with Crippen LogP contribution >= 0.6 is 0 Å². The zero-order valence-electron chi connectivity index (χ0n) is 13.4. The van der Waals surface area contributed by atoms with E-state index in [2.05, 4.69) is 43.0 Å². The molecular formula is C16H28N4. The third kappa shape index (κ3) is 3.22. The van der Waals surface area contributed by atoms with E-state index in [0.29, 0.717) is 6.04 Å². The summed E-state index contributed by atoms with van der Waals surface area (Å²) in [6, 6.07) is 0.646. The highest BCUT2D eigenvalue weighted by atomic mass is 15.2. The van der Waals surface area contributed by atoms with E-state index in [4.69, 9.17) is 4.98 Å². The highest BCUT2D eigenvalue weighted by Crippen LogP contribution is 2.30. The smallest absolute Gasteiger partial charge is 0.137 e. The summed E-state index contributed by atoms with van der Waals surface area (Å²) in [5.41, 5.74) is 1.19. The fourth-order valence-corrected chi connectivity index (χ4v) is 2.93. The van der Waals surface area contributed by atoms with Gasteiger partial charge in [-0.25, -0.2) is 9.97 Å². The Morgan fingerprint density at radius 1 is 1.20 bits per heavy atom. The lowest BCUT2D eigenvalue weighted by atomic mass is 10.2. The summed E-state index contributed by atoms with van der Waals surface area (Å²) in [5, 5.41) is 3.45. The van der Waals surface area contributed by atoms with Gasteiger partial charge in [-0.05, 0) is 26.2 Å². The van der Waals surface area contributed by atoms with Crippen molar-refractivity contribution in [3.63, 3.8) is 0 Å². The second-order valence-corrected chi connectivity index (χ2v) is 5.77. The maximum Gasteiger partial charge on any atom is 0.137 e. The van der Waals surface area contributed by atoms with Gasteiger partial charge in [-0.1, -0.05) is 26.7 Å². The number of nitrogens with one attached hydrogen (secondary N) is 1. The van der Waals surface area contributed by atoms with E-state index >= 15 is 0 Å². The van der Waals surface area contributed by atoms with Crippen LogP contribution < -0.4 is 10.2 Å². The van der Waals surface area contributed by atoms with Crippen LogP contribution in [0.25, 0.3) is 0 Å². The minimum Gasteiger partial charge on any atom is -0.370 e. The molecule has 0 spiro atoms. The minimum atomic E-state index is 0.646. The Morgan fingerprint density at radius 3 is 2.50 bits per heavy atom. The van der Waals surface area contributed by atoms with Crippen LogP contribution in [0.2, 0.25) is 0 Å². The van der Waals surface area contributed by atoms with Crippen molar-refractivity contribution in [1.29, 1.82) is 0 Å². The van der Waals surface area contributed by atoms with Gasteiger partial charge in [0.2, 0.25) is 0 Å². The van der Waals surface area contributed by atoms with Crippen molar-refractivity contribution >= 4 is 11.6 Å². The van der Waals surface area contributed by atoms with E-state index in [1.54, 1.807) is 0 Å². The van der Waals surface area contributed by atoms with Crippen molar-refractivity contribution in [2.24, 2.45) is 0 Å². The van der Waals surface area contributed by atoms with Crippen LogP contribution in [-0.2, 0) is 6.42 Å². The fraction of sp³-hybridized carbons (Fsp3) is 0.750. The van der Waals surface area contributed by atoms with Crippen LogP contribution in [0.4, 0.5) is 11.6 Å². The van der Waals surface area contributed by atoms with Crippen LogP contribution in [0.5, 0.6) is 0 Å². The fourth-order valence-electron chi connectivity index (χ4n) is 2.93. The second-order valence-electron chi connectivity index (χ2n) is 5.77. The number of rotatable bonds is 6. The zero-order valence-corrected chi connectivity index (χ0v) is 13.4. The monoisotopic (exact) mass is 276 g/mol. The van der Waals surface area contributed by atoms with Crippen molar-refractivity contribution < 1.29 is 0 Å². The quantitative estimate of drug-likeness (QED) is 0.862. The first kappa shape index (κ1) is 15.1. The van der Waals surface area contributed by atoms with Gasteiger partial charge < -0.3 is 10.2 Å². The molecular weight excluding hydrogens is 248 g/mol. The largest absolute Gasteiger partial charge is 0.370 e. The molecule has 1 aromatic heterocycles. The molecule has 4 nitrogen and oxygen atoms in total. The Morgan fingerprint density at radius 2 is 1.90 bits per heavy atom. The Labute approximate surface area is 123 Å². The molecule has 1 N–H and O–H groups in total. The van der Waals surface area contributed by atoms with Crippen LogP contribution in [0.1, 0.15) is 57.3 Å². The topological polar surface area (TPSA) is 41.1 Å². The highest BCUT2D eigenvalue weighted by molar-refractivity contribution is 5.58. The van der Waals surface area contributed by atoms with Gasteiger partial charge >= 0.3 is 0 Å². The number of hydrogen-bond acceptors (Lipinski definition) is 4. The van der Waals surface area contributed by atoms with Gasteiger partial charge in [0.1, 0.15) is 17.5 Å². The predicted octanol–water partition coefficient (Wildman–Crippen LogP) is 3.55. The average Bonchev–Trinajstić information content (AvgIpc) is 2.99. The first-order valence-electron chi connectivity index (χ1n) is 8.01. The molecule has 0 saturated heterocycles. The third-order valence-corrected chi connectivity index (χ3v) is 4.23. The van der Waals surface area contributed by atoms with E-state index < -0.39 is 0 Å². The lowest BCUT2D eigenvalue weighted by molar-refractivity contribution is 0.642. The number of nitrogens with zero attached hydrogens (tertiary/aromatic N) is 3. The number of aromatic nitrogens is 2. The van der Waals surface area contributed by atoms with Crippen molar-refractivity contribution in [1.82, 2.24) is 9.97 Å². The van der Waals surface area contributed by atoms with Gasteiger partial charge in [-0.2, -0.15) is 0 Å². The maximum atomic E-state index is 4.78. The van der Waals surface area contributed by atoms with Gasteiger partial charge in [0, 0.05) is 31.6 Å². The molecule has 0 atom stereocenters. The molecule has 0 bridgehead atoms. The second kappa shape index (κ2) is 6.91. The molecule has 1 aliphatic carbocycles.